The lowest BCUT2D eigenvalue weighted by atomic mass is 9.96. The molecular weight excluding hydrogens is 380 g/mol. The van der Waals surface area contributed by atoms with Crippen molar-refractivity contribution >= 4 is 17.4 Å². The number of unbranched alkanes of at least 4 members (excludes halogenated alkanes) is 2. The molecule has 1 unspecified atom stereocenters. The molecule has 1 amide bonds. The largest absolute Gasteiger partial charge is 0.507 e. The highest BCUT2D eigenvalue weighted by atomic mass is 16.5. The number of carbonyl (C=O) groups is 2. The van der Waals surface area contributed by atoms with Crippen molar-refractivity contribution in [1.82, 2.24) is 9.88 Å². The third-order valence-corrected chi connectivity index (χ3v) is 5.02. The average Bonchev–Trinajstić information content (AvgIpc) is 2.99. The minimum absolute atomic E-state index is 0.0260. The lowest BCUT2D eigenvalue weighted by Gasteiger charge is -2.25. The fourth-order valence-corrected chi connectivity index (χ4v) is 3.67. The number of aliphatic hydroxyl groups is 1. The molecule has 0 radical (unpaired) electrons. The second kappa shape index (κ2) is 9.57. The number of rotatable bonds is 8. The van der Waals surface area contributed by atoms with Crippen LogP contribution in [0, 0.1) is 0 Å². The average molecular weight is 408 g/mol. The van der Waals surface area contributed by atoms with E-state index in [1.54, 1.807) is 47.6 Å². The smallest absolute Gasteiger partial charge is 0.295 e. The summed E-state index contributed by atoms with van der Waals surface area (Å²) in [7, 11) is 0. The highest BCUT2D eigenvalue weighted by molar-refractivity contribution is 6.46. The van der Waals surface area contributed by atoms with E-state index in [1.165, 1.54) is 0 Å². The molecule has 1 N–H and O–H groups in total. The van der Waals surface area contributed by atoms with Gasteiger partial charge in [0.1, 0.15) is 11.5 Å². The third kappa shape index (κ3) is 4.53. The van der Waals surface area contributed by atoms with Gasteiger partial charge in [-0.1, -0.05) is 38.0 Å². The van der Waals surface area contributed by atoms with Gasteiger partial charge < -0.3 is 14.7 Å². The number of hydrogen-bond donors (Lipinski definition) is 1. The van der Waals surface area contributed by atoms with Crippen molar-refractivity contribution in [1.29, 1.82) is 0 Å². The highest BCUT2D eigenvalue weighted by Crippen LogP contribution is 2.39. The van der Waals surface area contributed by atoms with Gasteiger partial charge in [-0.05, 0) is 44.0 Å². The van der Waals surface area contributed by atoms with E-state index in [4.69, 9.17) is 4.74 Å². The van der Waals surface area contributed by atoms with Crippen molar-refractivity contribution in [2.45, 2.75) is 52.2 Å². The number of aromatic nitrogens is 1. The van der Waals surface area contributed by atoms with Crippen molar-refractivity contribution in [2.24, 2.45) is 0 Å². The summed E-state index contributed by atoms with van der Waals surface area (Å²) in [6.45, 7) is 6.36. The van der Waals surface area contributed by atoms with Gasteiger partial charge in [0, 0.05) is 24.5 Å². The number of ketones is 1. The molecule has 0 saturated carbocycles. The number of Topliss-reactive ketones (excluding diaryl/α,β-unsaturated/α-hetero) is 1. The van der Waals surface area contributed by atoms with Gasteiger partial charge in [-0.2, -0.15) is 0 Å². The van der Waals surface area contributed by atoms with Crippen molar-refractivity contribution in [2.75, 3.05) is 6.54 Å². The van der Waals surface area contributed by atoms with Gasteiger partial charge >= 0.3 is 0 Å². The van der Waals surface area contributed by atoms with E-state index in [2.05, 4.69) is 11.9 Å². The van der Waals surface area contributed by atoms with E-state index in [-0.39, 0.29) is 17.4 Å². The molecule has 158 valence electrons. The second-order valence-electron chi connectivity index (χ2n) is 7.68. The van der Waals surface area contributed by atoms with Crippen LogP contribution in [-0.2, 0) is 9.59 Å². The maximum atomic E-state index is 12.9. The minimum Gasteiger partial charge on any atom is -0.507 e. The highest BCUT2D eigenvalue weighted by Gasteiger charge is 2.45. The fraction of sp³-hybridized carbons (Fsp3) is 0.375. The summed E-state index contributed by atoms with van der Waals surface area (Å²) in [6.07, 6.45) is 6.00. The Balaban J connectivity index is 2.07. The molecule has 1 aromatic heterocycles. The molecule has 0 bridgehead atoms. The zero-order valence-corrected chi connectivity index (χ0v) is 17.7. The summed E-state index contributed by atoms with van der Waals surface area (Å²) in [5.41, 5.74) is 1.23. The number of aliphatic hydroxyl groups excluding tert-OH is 1. The molecule has 6 nitrogen and oxygen atoms in total. The number of likely N-dealkylation sites (tertiary alicyclic amines) is 1. The summed E-state index contributed by atoms with van der Waals surface area (Å²) in [6, 6.07) is 9.85. The van der Waals surface area contributed by atoms with Gasteiger partial charge in [-0.15, -0.1) is 0 Å². The van der Waals surface area contributed by atoms with E-state index < -0.39 is 17.7 Å². The van der Waals surface area contributed by atoms with Gasteiger partial charge in [-0.25, -0.2) is 0 Å². The lowest BCUT2D eigenvalue weighted by Crippen LogP contribution is -2.30. The van der Waals surface area contributed by atoms with E-state index in [9.17, 15) is 14.7 Å². The van der Waals surface area contributed by atoms with E-state index in [0.717, 1.165) is 19.3 Å². The van der Waals surface area contributed by atoms with Gasteiger partial charge in [0.2, 0.25) is 0 Å². The number of amides is 1. The number of pyridine rings is 1. The number of carbonyl (C=O) groups excluding carboxylic acids is 2. The molecule has 6 heteroatoms. The number of nitrogens with zero attached hydrogens (tertiary/aromatic N) is 2. The molecular formula is C24H28N2O4. The van der Waals surface area contributed by atoms with E-state index in [0.29, 0.717) is 23.4 Å². The van der Waals surface area contributed by atoms with Crippen LogP contribution in [-0.4, -0.2) is 39.3 Å². The Bertz CT molecular complexity index is 937. The van der Waals surface area contributed by atoms with Crippen LogP contribution in [0.1, 0.15) is 57.2 Å². The van der Waals surface area contributed by atoms with Crippen LogP contribution >= 0.6 is 0 Å². The summed E-state index contributed by atoms with van der Waals surface area (Å²) in [4.78, 5) is 31.5. The fourth-order valence-electron chi connectivity index (χ4n) is 3.67. The van der Waals surface area contributed by atoms with Crippen molar-refractivity contribution < 1.29 is 19.4 Å². The van der Waals surface area contributed by atoms with Crippen LogP contribution in [0.25, 0.3) is 5.76 Å². The first kappa shape index (κ1) is 21.6. The zero-order valence-electron chi connectivity index (χ0n) is 17.7. The van der Waals surface area contributed by atoms with Crippen molar-refractivity contribution in [3.63, 3.8) is 0 Å². The standard InChI is InChI=1S/C24H28N2O4/c1-4-5-6-13-26-21(18-10-8-12-25-15-18)20(23(28)24(26)29)22(27)17-9-7-11-19(14-17)30-16(2)3/h7-12,14-16,21,27H,4-6,13H2,1-3H3/b22-20-. The zero-order chi connectivity index (χ0) is 21.7. The number of hydrogen-bond acceptors (Lipinski definition) is 5. The minimum atomic E-state index is -0.673. The summed E-state index contributed by atoms with van der Waals surface area (Å²) >= 11 is 0. The predicted octanol–water partition coefficient (Wildman–Crippen LogP) is 4.48. The third-order valence-electron chi connectivity index (χ3n) is 5.02. The first-order valence-corrected chi connectivity index (χ1v) is 10.4. The Hall–Kier alpha value is -3.15. The van der Waals surface area contributed by atoms with Crippen molar-refractivity contribution in [3.8, 4) is 5.75 Å². The normalized spacial score (nSPS) is 18.3. The molecule has 0 spiro atoms. The molecule has 2 aromatic rings. The molecule has 3 rings (SSSR count). The Morgan fingerprint density at radius 1 is 1.20 bits per heavy atom. The quantitative estimate of drug-likeness (QED) is 0.301. The first-order chi connectivity index (χ1) is 14.4. The molecule has 1 aliphatic rings. The Morgan fingerprint density at radius 3 is 2.67 bits per heavy atom. The van der Waals surface area contributed by atoms with Crippen LogP contribution < -0.4 is 4.74 Å². The molecule has 1 saturated heterocycles. The Kier molecular flexibility index (Phi) is 6.87. The molecule has 1 fully saturated rings. The Labute approximate surface area is 177 Å². The predicted molar refractivity (Wildman–Crippen MR) is 115 cm³/mol. The molecule has 0 aliphatic carbocycles. The van der Waals surface area contributed by atoms with Crippen LogP contribution in [0.3, 0.4) is 0 Å². The van der Waals surface area contributed by atoms with E-state index in [1.807, 2.05) is 19.9 Å². The molecule has 1 aliphatic heterocycles. The Morgan fingerprint density at radius 2 is 2.00 bits per heavy atom. The van der Waals surface area contributed by atoms with Gasteiger partial charge in [0.05, 0.1) is 17.7 Å². The summed E-state index contributed by atoms with van der Waals surface area (Å²) in [5, 5.41) is 11.1. The van der Waals surface area contributed by atoms with Crippen LogP contribution in [0.15, 0.2) is 54.4 Å². The van der Waals surface area contributed by atoms with Crippen LogP contribution in [0.2, 0.25) is 0 Å². The van der Waals surface area contributed by atoms with Crippen LogP contribution in [0.4, 0.5) is 0 Å². The van der Waals surface area contributed by atoms with E-state index >= 15 is 0 Å². The number of ether oxygens (including phenoxy) is 1. The summed E-state index contributed by atoms with van der Waals surface area (Å²) < 4.78 is 5.71. The summed E-state index contributed by atoms with van der Waals surface area (Å²) in [5.74, 6) is -0.873. The number of benzene rings is 1. The first-order valence-electron chi connectivity index (χ1n) is 10.4. The maximum absolute atomic E-state index is 12.9. The second-order valence-corrected chi connectivity index (χ2v) is 7.68. The van der Waals surface area contributed by atoms with Crippen LogP contribution in [0.5, 0.6) is 5.75 Å². The van der Waals surface area contributed by atoms with Crippen molar-refractivity contribution in [3.05, 3.63) is 65.5 Å². The molecule has 2 heterocycles. The monoisotopic (exact) mass is 408 g/mol. The molecule has 30 heavy (non-hydrogen) atoms. The van der Waals surface area contributed by atoms with Gasteiger partial charge in [-0.3, -0.25) is 14.6 Å². The maximum Gasteiger partial charge on any atom is 0.295 e. The lowest BCUT2D eigenvalue weighted by molar-refractivity contribution is -0.139. The SMILES string of the molecule is CCCCCN1C(=O)C(=O)/C(=C(\O)c2cccc(OC(C)C)c2)C1c1cccnc1. The molecule has 1 aromatic carbocycles. The molecule has 1 atom stereocenters. The van der Waals surface area contributed by atoms with Gasteiger partial charge in [0.25, 0.3) is 11.7 Å². The topological polar surface area (TPSA) is 79.7 Å². The van der Waals surface area contributed by atoms with Gasteiger partial charge in [0.15, 0.2) is 0 Å².